The smallest absolute Gasteiger partial charge is 0.222 e. The maximum atomic E-state index is 11.7. The van der Waals surface area contributed by atoms with E-state index in [-0.39, 0.29) is 18.1 Å². The van der Waals surface area contributed by atoms with Crippen LogP contribution in [-0.4, -0.2) is 34.6 Å². The van der Waals surface area contributed by atoms with Crippen molar-refractivity contribution in [3.63, 3.8) is 0 Å². The van der Waals surface area contributed by atoms with Crippen molar-refractivity contribution in [1.82, 2.24) is 4.90 Å². The molecule has 0 aromatic heterocycles. The quantitative estimate of drug-likeness (QED) is 0.688. The number of aliphatic hydroxyl groups is 1. The highest BCUT2D eigenvalue weighted by molar-refractivity contribution is 5.77. The van der Waals surface area contributed by atoms with Gasteiger partial charge in [-0.05, 0) is 25.7 Å². The Morgan fingerprint density at radius 2 is 1.93 bits per heavy atom. The summed E-state index contributed by atoms with van der Waals surface area (Å²) in [7, 11) is 0. The molecule has 3 nitrogen and oxygen atoms in total. The molecule has 2 unspecified atom stereocenters. The lowest BCUT2D eigenvalue weighted by Crippen LogP contribution is -2.50. The van der Waals surface area contributed by atoms with Gasteiger partial charge in [0.2, 0.25) is 5.91 Å². The van der Waals surface area contributed by atoms with Gasteiger partial charge in [-0.25, -0.2) is 0 Å². The Labute approximate surface area is 85.1 Å². The second-order valence-electron chi connectivity index (χ2n) is 4.46. The molecule has 1 aliphatic carbocycles. The predicted molar refractivity (Wildman–Crippen MR) is 53.8 cm³/mol. The summed E-state index contributed by atoms with van der Waals surface area (Å²) in [5, 5.41) is 9.85. The fourth-order valence-corrected chi connectivity index (χ4v) is 2.63. The zero-order valence-electron chi connectivity index (χ0n) is 8.61. The average Bonchev–Trinajstić information content (AvgIpc) is 2.20. The van der Waals surface area contributed by atoms with E-state index >= 15 is 0 Å². The fraction of sp³-hybridized carbons (Fsp3) is 0.909. The second-order valence-corrected chi connectivity index (χ2v) is 4.46. The third-order valence-electron chi connectivity index (χ3n) is 3.45. The van der Waals surface area contributed by atoms with Crippen molar-refractivity contribution < 1.29 is 9.90 Å². The number of likely N-dealkylation sites (tertiary alicyclic amines) is 1. The lowest BCUT2D eigenvalue weighted by molar-refractivity contribution is -0.139. The molecule has 3 heteroatoms. The number of piperidine rings is 1. The lowest BCUT2D eigenvalue weighted by atomic mass is 9.90. The summed E-state index contributed by atoms with van der Waals surface area (Å²) in [4.78, 5) is 13.6. The van der Waals surface area contributed by atoms with Crippen LogP contribution in [0, 0.1) is 0 Å². The molecule has 0 bridgehead atoms. The van der Waals surface area contributed by atoms with E-state index in [0.717, 1.165) is 45.1 Å². The number of rotatable bonds is 1. The molecule has 0 aromatic carbocycles. The van der Waals surface area contributed by atoms with E-state index < -0.39 is 0 Å². The minimum absolute atomic E-state index is 0.122. The van der Waals surface area contributed by atoms with Gasteiger partial charge < -0.3 is 10.0 Å². The predicted octanol–water partition coefficient (Wildman–Crippen LogP) is 1.30. The van der Waals surface area contributed by atoms with Crippen LogP contribution in [0.3, 0.4) is 0 Å². The zero-order valence-corrected chi connectivity index (χ0v) is 8.61. The lowest BCUT2D eigenvalue weighted by Gasteiger charge is -2.39. The number of carbonyl (C=O) groups excluding carboxylic acids is 1. The molecule has 1 N–H and O–H groups in total. The monoisotopic (exact) mass is 197 g/mol. The molecule has 0 radical (unpaired) electrons. The number of hydrogen-bond donors (Lipinski definition) is 1. The Balaban J connectivity index is 2.00. The van der Waals surface area contributed by atoms with Crippen molar-refractivity contribution in [2.75, 3.05) is 6.54 Å². The van der Waals surface area contributed by atoms with Gasteiger partial charge in [0.25, 0.3) is 0 Å². The van der Waals surface area contributed by atoms with Crippen LogP contribution in [0.4, 0.5) is 0 Å². The molecule has 1 saturated carbocycles. The maximum absolute atomic E-state index is 11.7. The van der Waals surface area contributed by atoms with Crippen LogP contribution in [0.25, 0.3) is 0 Å². The number of hydrogen-bond acceptors (Lipinski definition) is 2. The Kier molecular flexibility index (Phi) is 3.06. The highest BCUT2D eigenvalue weighted by atomic mass is 16.3. The molecule has 0 spiro atoms. The number of aliphatic hydroxyl groups excluding tert-OH is 1. The first-order valence-corrected chi connectivity index (χ1v) is 5.76. The third kappa shape index (κ3) is 1.92. The molecule has 1 amide bonds. The van der Waals surface area contributed by atoms with E-state index in [0.29, 0.717) is 6.42 Å². The molecule has 1 saturated heterocycles. The van der Waals surface area contributed by atoms with Crippen LogP contribution < -0.4 is 0 Å². The van der Waals surface area contributed by atoms with E-state index in [2.05, 4.69) is 0 Å². The Morgan fingerprint density at radius 1 is 1.14 bits per heavy atom. The first-order valence-electron chi connectivity index (χ1n) is 5.76. The van der Waals surface area contributed by atoms with Gasteiger partial charge in [0.05, 0.1) is 12.1 Å². The first kappa shape index (κ1) is 9.97. The minimum atomic E-state index is -0.272. The van der Waals surface area contributed by atoms with E-state index in [1.807, 2.05) is 4.90 Å². The van der Waals surface area contributed by atoms with Crippen molar-refractivity contribution in [3.8, 4) is 0 Å². The Morgan fingerprint density at radius 3 is 2.64 bits per heavy atom. The summed E-state index contributed by atoms with van der Waals surface area (Å²) in [6, 6.07) is 0.122. The SMILES string of the molecule is O=C1CCCCN1C1CCCCC1O. The largest absolute Gasteiger partial charge is 0.391 e. The van der Waals surface area contributed by atoms with Crippen LogP contribution >= 0.6 is 0 Å². The molecule has 2 aliphatic rings. The van der Waals surface area contributed by atoms with Crippen molar-refractivity contribution in [1.29, 1.82) is 0 Å². The van der Waals surface area contributed by atoms with Gasteiger partial charge >= 0.3 is 0 Å². The summed E-state index contributed by atoms with van der Waals surface area (Å²) in [5.74, 6) is 0.252. The highest BCUT2D eigenvalue weighted by Gasteiger charge is 2.32. The maximum Gasteiger partial charge on any atom is 0.222 e. The summed E-state index contributed by atoms with van der Waals surface area (Å²) in [5.41, 5.74) is 0. The van der Waals surface area contributed by atoms with Crippen molar-refractivity contribution in [2.45, 2.75) is 57.1 Å². The molecule has 2 rings (SSSR count). The fourth-order valence-electron chi connectivity index (χ4n) is 2.63. The third-order valence-corrected chi connectivity index (χ3v) is 3.45. The number of nitrogens with zero attached hydrogens (tertiary/aromatic N) is 1. The number of carbonyl (C=O) groups is 1. The van der Waals surface area contributed by atoms with E-state index in [9.17, 15) is 9.90 Å². The highest BCUT2D eigenvalue weighted by Crippen LogP contribution is 2.26. The van der Waals surface area contributed by atoms with Crippen LogP contribution in [0.5, 0.6) is 0 Å². The Hall–Kier alpha value is -0.570. The standard InChI is InChI=1S/C11H19NO2/c13-10-6-2-1-5-9(10)12-8-4-3-7-11(12)14/h9-10,13H,1-8H2. The van der Waals surface area contributed by atoms with Crippen molar-refractivity contribution in [3.05, 3.63) is 0 Å². The van der Waals surface area contributed by atoms with Gasteiger partial charge in [-0.1, -0.05) is 12.8 Å². The van der Waals surface area contributed by atoms with Crippen molar-refractivity contribution >= 4 is 5.91 Å². The summed E-state index contributed by atoms with van der Waals surface area (Å²) in [6.07, 6.45) is 6.67. The van der Waals surface area contributed by atoms with Crippen LogP contribution in [-0.2, 0) is 4.79 Å². The van der Waals surface area contributed by atoms with E-state index in [1.54, 1.807) is 0 Å². The number of amides is 1. The summed E-state index contributed by atoms with van der Waals surface area (Å²) in [6.45, 7) is 0.862. The Bertz CT molecular complexity index is 217. The average molecular weight is 197 g/mol. The van der Waals surface area contributed by atoms with E-state index in [4.69, 9.17) is 0 Å². The molecule has 0 aromatic rings. The second kappa shape index (κ2) is 4.30. The van der Waals surface area contributed by atoms with Gasteiger partial charge in [0.15, 0.2) is 0 Å². The summed E-state index contributed by atoms with van der Waals surface area (Å²) >= 11 is 0. The molecule has 1 aliphatic heterocycles. The normalized spacial score (nSPS) is 34.6. The van der Waals surface area contributed by atoms with Gasteiger partial charge in [-0.2, -0.15) is 0 Å². The minimum Gasteiger partial charge on any atom is -0.391 e. The van der Waals surface area contributed by atoms with Crippen molar-refractivity contribution in [2.24, 2.45) is 0 Å². The molecule has 2 fully saturated rings. The molecule has 14 heavy (non-hydrogen) atoms. The topological polar surface area (TPSA) is 40.5 Å². The first-order chi connectivity index (χ1) is 6.79. The van der Waals surface area contributed by atoms with Crippen LogP contribution in [0.1, 0.15) is 44.9 Å². The van der Waals surface area contributed by atoms with Gasteiger partial charge in [0.1, 0.15) is 0 Å². The molecular formula is C11H19NO2. The molecule has 2 atom stereocenters. The van der Waals surface area contributed by atoms with Gasteiger partial charge in [-0.15, -0.1) is 0 Å². The van der Waals surface area contributed by atoms with E-state index in [1.165, 1.54) is 0 Å². The molecule has 80 valence electrons. The van der Waals surface area contributed by atoms with Crippen LogP contribution in [0.15, 0.2) is 0 Å². The summed E-state index contributed by atoms with van der Waals surface area (Å²) < 4.78 is 0. The zero-order chi connectivity index (χ0) is 9.97. The van der Waals surface area contributed by atoms with Gasteiger partial charge in [0, 0.05) is 13.0 Å². The van der Waals surface area contributed by atoms with Crippen LogP contribution in [0.2, 0.25) is 0 Å². The van der Waals surface area contributed by atoms with Gasteiger partial charge in [-0.3, -0.25) is 4.79 Å². The molecular weight excluding hydrogens is 178 g/mol. The molecule has 1 heterocycles.